The Kier molecular flexibility index (Phi) is 5.86. The number of aromatic carboxylic acids is 1. The maximum atomic E-state index is 12.1. The van der Waals surface area contributed by atoms with Gasteiger partial charge in [-0.2, -0.15) is 5.10 Å². The van der Waals surface area contributed by atoms with Crippen molar-refractivity contribution in [3.8, 4) is 17.1 Å². The summed E-state index contributed by atoms with van der Waals surface area (Å²) < 4.78 is 11.0. The van der Waals surface area contributed by atoms with Crippen LogP contribution in [0.25, 0.3) is 11.3 Å². The smallest absolute Gasteiger partial charge is 0.335 e. The van der Waals surface area contributed by atoms with E-state index in [0.717, 1.165) is 0 Å². The van der Waals surface area contributed by atoms with Crippen molar-refractivity contribution < 1.29 is 23.8 Å². The highest BCUT2D eigenvalue weighted by Gasteiger charge is 2.08. The largest absolute Gasteiger partial charge is 0.494 e. The van der Waals surface area contributed by atoms with E-state index in [2.05, 4.69) is 10.5 Å². The van der Waals surface area contributed by atoms with Crippen LogP contribution in [0.15, 0.2) is 70.2 Å². The number of carboxylic acid groups (broad SMARTS) is 1. The molecule has 0 aliphatic carbocycles. The Morgan fingerprint density at radius 2 is 1.89 bits per heavy atom. The molecule has 2 aromatic carbocycles. The number of rotatable bonds is 7. The standard InChI is InChI=1S/C21H18N2O5/c1-2-27-17-8-6-14(7-9-17)20(24)23-22-13-18-10-11-19(28-18)15-4-3-5-16(12-15)21(25)26/h3-13H,2H2,1H3,(H,23,24)(H,25,26)/b22-13+. The van der Waals surface area contributed by atoms with Gasteiger partial charge in [0, 0.05) is 11.1 Å². The van der Waals surface area contributed by atoms with Gasteiger partial charge in [0.2, 0.25) is 0 Å². The van der Waals surface area contributed by atoms with Crippen molar-refractivity contribution in [3.63, 3.8) is 0 Å². The van der Waals surface area contributed by atoms with E-state index >= 15 is 0 Å². The highest BCUT2D eigenvalue weighted by atomic mass is 16.5. The van der Waals surface area contributed by atoms with Gasteiger partial charge in [-0.15, -0.1) is 0 Å². The summed E-state index contributed by atoms with van der Waals surface area (Å²) in [7, 11) is 0. The van der Waals surface area contributed by atoms with Gasteiger partial charge in [-0.05, 0) is 55.5 Å². The van der Waals surface area contributed by atoms with Crippen molar-refractivity contribution in [1.29, 1.82) is 0 Å². The number of nitrogens with one attached hydrogen (secondary N) is 1. The number of amides is 1. The lowest BCUT2D eigenvalue weighted by molar-refractivity contribution is 0.0696. The predicted octanol–water partition coefficient (Wildman–Crippen LogP) is 3.81. The van der Waals surface area contributed by atoms with Crippen LogP contribution in [-0.4, -0.2) is 29.8 Å². The fourth-order valence-corrected chi connectivity index (χ4v) is 2.47. The van der Waals surface area contributed by atoms with E-state index in [0.29, 0.717) is 35.0 Å². The Bertz CT molecular complexity index is 1010. The van der Waals surface area contributed by atoms with Crippen LogP contribution < -0.4 is 10.2 Å². The number of furan rings is 1. The first-order valence-electron chi connectivity index (χ1n) is 8.56. The molecule has 2 N–H and O–H groups in total. The van der Waals surface area contributed by atoms with Crippen LogP contribution in [0.2, 0.25) is 0 Å². The third-order valence-electron chi connectivity index (χ3n) is 3.81. The molecule has 3 aromatic rings. The molecule has 1 aromatic heterocycles. The van der Waals surface area contributed by atoms with Crippen LogP contribution in [-0.2, 0) is 0 Å². The summed E-state index contributed by atoms with van der Waals surface area (Å²) in [5.41, 5.74) is 3.68. The SMILES string of the molecule is CCOc1ccc(C(=O)N/N=C/c2ccc(-c3cccc(C(=O)O)c3)o2)cc1. The van der Waals surface area contributed by atoms with E-state index in [-0.39, 0.29) is 11.5 Å². The lowest BCUT2D eigenvalue weighted by Gasteiger charge is -2.03. The van der Waals surface area contributed by atoms with E-state index in [4.69, 9.17) is 14.3 Å². The number of hydrogen-bond acceptors (Lipinski definition) is 5. The van der Waals surface area contributed by atoms with Crippen molar-refractivity contribution in [2.45, 2.75) is 6.92 Å². The molecule has 0 bridgehead atoms. The molecule has 1 heterocycles. The summed E-state index contributed by atoms with van der Waals surface area (Å²) in [5, 5.41) is 13.0. The van der Waals surface area contributed by atoms with Crippen molar-refractivity contribution in [2.24, 2.45) is 5.10 Å². The summed E-state index contributed by atoms with van der Waals surface area (Å²) in [5.74, 6) is 0.246. The molecule has 1 amide bonds. The fraction of sp³-hybridized carbons (Fsp3) is 0.0952. The monoisotopic (exact) mass is 378 g/mol. The number of hydrazone groups is 1. The molecule has 28 heavy (non-hydrogen) atoms. The highest BCUT2D eigenvalue weighted by molar-refractivity contribution is 5.94. The van der Waals surface area contributed by atoms with E-state index in [1.807, 2.05) is 6.92 Å². The van der Waals surface area contributed by atoms with Crippen molar-refractivity contribution in [2.75, 3.05) is 6.61 Å². The third kappa shape index (κ3) is 4.64. The molecule has 0 atom stereocenters. The maximum absolute atomic E-state index is 12.1. The van der Waals surface area contributed by atoms with Crippen LogP contribution in [0.1, 0.15) is 33.4 Å². The van der Waals surface area contributed by atoms with E-state index in [1.165, 1.54) is 18.3 Å². The van der Waals surface area contributed by atoms with E-state index < -0.39 is 5.97 Å². The molecule has 7 heteroatoms. The first-order valence-corrected chi connectivity index (χ1v) is 8.56. The molecule has 0 unspecified atom stereocenters. The quantitative estimate of drug-likeness (QED) is 0.481. The van der Waals surface area contributed by atoms with Crippen molar-refractivity contribution >= 4 is 18.1 Å². The van der Waals surface area contributed by atoms with E-state index in [9.17, 15) is 9.59 Å². The number of carboxylic acids is 1. The minimum atomic E-state index is -1.01. The van der Waals surface area contributed by atoms with Gasteiger partial charge in [-0.25, -0.2) is 10.2 Å². The molecule has 3 rings (SSSR count). The first kappa shape index (κ1) is 18.9. The van der Waals surface area contributed by atoms with Gasteiger partial charge in [-0.3, -0.25) is 4.79 Å². The van der Waals surface area contributed by atoms with Gasteiger partial charge in [0.05, 0.1) is 18.4 Å². The van der Waals surface area contributed by atoms with Crippen LogP contribution in [0.4, 0.5) is 0 Å². The van der Waals surface area contributed by atoms with Crippen LogP contribution in [0.3, 0.4) is 0 Å². The molecule has 0 aliphatic heterocycles. The number of nitrogens with zero attached hydrogens (tertiary/aromatic N) is 1. The summed E-state index contributed by atoms with van der Waals surface area (Å²) in [6.07, 6.45) is 1.37. The number of carbonyl (C=O) groups excluding carboxylic acids is 1. The summed E-state index contributed by atoms with van der Waals surface area (Å²) >= 11 is 0. The predicted molar refractivity (Wildman–Crippen MR) is 104 cm³/mol. The second-order valence-corrected chi connectivity index (χ2v) is 5.74. The molecule has 7 nitrogen and oxygen atoms in total. The van der Waals surface area contributed by atoms with Crippen LogP contribution >= 0.6 is 0 Å². The number of benzene rings is 2. The van der Waals surface area contributed by atoms with Crippen molar-refractivity contribution in [1.82, 2.24) is 5.43 Å². The summed E-state index contributed by atoms with van der Waals surface area (Å²) in [4.78, 5) is 23.1. The molecule has 0 saturated heterocycles. The summed E-state index contributed by atoms with van der Waals surface area (Å²) in [6.45, 7) is 2.44. The molecule has 0 saturated carbocycles. The molecule has 0 radical (unpaired) electrons. The van der Waals surface area contributed by atoms with Crippen LogP contribution in [0, 0.1) is 0 Å². The number of ether oxygens (including phenoxy) is 1. The lowest BCUT2D eigenvalue weighted by atomic mass is 10.1. The molecule has 142 valence electrons. The Morgan fingerprint density at radius 3 is 2.61 bits per heavy atom. The second kappa shape index (κ2) is 8.68. The fourth-order valence-electron chi connectivity index (χ4n) is 2.47. The summed E-state index contributed by atoms with van der Waals surface area (Å²) in [6, 6.07) is 16.5. The average molecular weight is 378 g/mol. The molecule has 0 spiro atoms. The van der Waals surface area contributed by atoms with Gasteiger partial charge in [0.25, 0.3) is 5.91 Å². The highest BCUT2D eigenvalue weighted by Crippen LogP contribution is 2.22. The first-order chi connectivity index (χ1) is 13.6. The normalized spacial score (nSPS) is 10.8. The Morgan fingerprint density at radius 1 is 1.11 bits per heavy atom. The minimum Gasteiger partial charge on any atom is -0.494 e. The number of carbonyl (C=O) groups is 2. The van der Waals surface area contributed by atoms with Crippen molar-refractivity contribution in [3.05, 3.63) is 77.6 Å². The lowest BCUT2D eigenvalue weighted by Crippen LogP contribution is -2.17. The number of hydrogen-bond donors (Lipinski definition) is 2. The second-order valence-electron chi connectivity index (χ2n) is 5.74. The zero-order valence-corrected chi connectivity index (χ0v) is 15.1. The molecule has 0 aliphatic rings. The Balaban J connectivity index is 1.63. The topological polar surface area (TPSA) is 101 Å². The minimum absolute atomic E-state index is 0.173. The Hall–Kier alpha value is -3.87. The van der Waals surface area contributed by atoms with E-state index in [1.54, 1.807) is 48.5 Å². The molecular weight excluding hydrogens is 360 g/mol. The van der Waals surface area contributed by atoms with Gasteiger partial charge in [0.1, 0.15) is 17.3 Å². The maximum Gasteiger partial charge on any atom is 0.335 e. The van der Waals surface area contributed by atoms with Gasteiger partial charge in [0.15, 0.2) is 0 Å². The molecule has 0 fully saturated rings. The molecular formula is C21H18N2O5. The van der Waals surface area contributed by atoms with Crippen LogP contribution in [0.5, 0.6) is 5.75 Å². The van der Waals surface area contributed by atoms with Gasteiger partial charge in [-0.1, -0.05) is 12.1 Å². The zero-order valence-electron chi connectivity index (χ0n) is 15.1. The average Bonchev–Trinajstić information content (AvgIpc) is 3.18. The third-order valence-corrected chi connectivity index (χ3v) is 3.81. The van der Waals surface area contributed by atoms with Gasteiger partial charge >= 0.3 is 5.97 Å². The Labute approximate surface area is 161 Å². The zero-order chi connectivity index (χ0) is 19.9. The van der Waals surface area contributed by atoms with Gasteiger partial charge < -0.3 is 14.3 Å².